The van der Waals surface area contributed by atoms with Crippen LogP contribution in [-0.4, -0.2) is 16.9 Å². The molecule has 0 saturated heterocycles. The van der Waals surface area contributed by atoms with Gasteiger partial charge < -0.3 is 5.11 Å². The zero-order valence-corrected chi connectivity index (χ0v) is 12.6. The minimum atomic E-state index is -0.875. The van der Waals surface area contributed by atoms with E-state index in [-0.39, 0.29) is 12.2 Å². The van der Waals surface area contributed by atoms with Crippen molar-refractivity contribution in [1.82, 2.24) is 0 Å². The van der Waals surface area contributed by atoms with Gasteiger partial charge in [-0.1, -0.05) is 65.2 Å². The van der Waals surface area contributed by atoms with Gasteiger partial charge in [0.15, 0.2) is 0 Å². The monoisotopic (exact) mass is 270 g/mol. The number of hydrogen-bond acceptors (Lipinski definition) is 2. The SMILES string of the molecule is CCCCCCCCCCCC(=O)CC(C)C(=O)O. The van der Waals surface area contributed by atoms with E-state index in [1.165, 1.54) is 44.9 Å². The molecule has 0 radical (unpaired) electrons. The van der Waals surface area contributed by atoms with Gasteiger partial charge in [-0.25, -0.2) is 0 Å². The van der Waals surface area contributed by atoms with Crippen LogP contribution in [-0.2, 0) is 9.59 Å². The van der Waals surface area contributed by atoms with E-state index in [1.54, 1.807) is 6.92 Å². The fraction of sp³-hybridized carbons (Fsp3) is 0.875. The average molecular weight is 270 g/mol. The van der Waals surface area contributed by atoms with Crippen molar-refractivity contribution in [3.05, 3.63) is 0 Å². The van der Waals surface area contributed by atoms with Gasteiger partial charge in [-0.05, 0) is 6.42 Å². The molecule has 0 aromatic rings. The first-order valence-electron chi connectivity index (χ1n) is 7.82. The Kier molecular flexibility index (Phi) is 11.6. The molecule has 0 bridgehead atoms. The predicted molar refractivity (Wildman–Crippen MR) is 78.3 cm³/mol. The molecule has 3 heteroatoms. The van der Waals surface area contributed by atoms with Gasteiger partial charge in [0.2, 0.25) is 0 Å². The molecule has 1 unspecified atom stereocenters. The van der Waals surface area contributed by atoms with Gasteiger partial charge in [0, 0.05) is 12.8 Å². The van der Waals surface area contributed by atoms with Crippen molar-refractivity contribution >= 4 is 11.8 Å². The Morgan fingerprint density at radius 1 is 0.895 bits per heavy atom. The van der Waals surface area contributed by atoms with Crippen LogP contribution in [0, 0.1) is 5.92 Å². The summed E-state index contributed by atoms with van der Waals surface area (Å²) in [5.74, 6) is -1.32. The van der Waals surface area contributed by atoms with E-state index >= 15 is 0 Å². The molecule has 0 aliphatic heterocycles. The number of Topliss-reactive ketones (excluding diaryl/α,β-unsaturated/α-hetero) is 1. The Morgan fingerprint density at radius 2 is 1.37 bits per heavy atom. The van der Waals surface area contributed by atoms with Crippen LogP contribution < -0.4 is 0 Å². The van der Waals surface area contributed by atoms with Crippen molar-refractivity contribution in [2.45, 2.75) is 84.5 Å². The van der Waals surface area contributed by atoms with Crippen molar-refractivity contribution in [2.75, 3.05) is 0 Å². The Bertz CT molecular complexity index is 248. The molecule has 0 aliphatic rings. The van der Waals surface area contributed by atoms with Gasteiger partial charge in [-0.2, -0.15) is 0 Å². The Hall–Kier alpha value is -0.860. The molecular weight excluding hydrogens is 240 g/mol. The van der Waals surface area contributed by atoms with E-state index in [1.807, 2.05) is 0 Å². The number of carbonyl (C=O) groups excluding carboxylic acids is 1. The molecule has 19 heavy (non-hydrogen) atoms. The molecule has 0 rings (SSSR count). The fourth-order valence-electron chi connectivity index (χ4n) is 2.16. The highest BCUT2D eigenvalue weighted by molar-refractivity contribution is 5.83. The lowest BCUT2D eigenvalue weighted by molar-refractivity contribution is -0.143. The van der Waals surface area contributed by atoms with Crippen molar-refractivity contribution in [3.63, 3.8) is 0 Å². The molecule has 0 amide bonds. The molecular formula is C16H30O3. The van der Waals surface area contributed by atoms with E-state index in [9.17, 15) is 9.59 Å². The molecule has 0 fully saturated rings. The number of rotatable bonds is 13. The van der Waals surface area contributed by atoms with E-state index in [0.717, 1.165) is 12.8 Å². The molecule has 1 atom stereocenters. The van der Waals surface area contributed by atoms with Crippen molar-refractivity contribution in [1.29, 1.82) is 0 Å². The van der Waals surface area contributed by atoms with Crippen molar-refractivity contribution in [3.8, 4) is 0 Å². The van der Waals surface area contributed by atoms with Crippen LogP contribution in [0.2, 0.25) is 0 Å². The summed E-state index contributed by atoms with van der Waals surface area (Å²) in [7, 11) is 0. The maximum atomic E-state index is 11.5. The highest BCUT2D eigenvalue weighted by Gasteiger charge is 2.14. The van der Waals surface area contributed by atoms with Gasteiger partial charge in [0.05, 0.1) is 5.92 Å². The van der Waals surface area contributed by atoms with Crippen LogP contribution in [0.25, 0.3) is 0 Å². The maximum Gasteiger partial charge on any atom is 0.306 e. The second kappa shape index (κ2) is 12.2. The smallest absolute Gasteiger partial charge is 0.306 e. The van der Waals surface area contributed by atoms with Crippen LogP contribution in [0.15, 0.2) is 0 Å². The summed E-state index contributed by atoms with van der Waals surface area (Å²) in [6.45, 7) is 3.82. The van der Waals surface area contributed by atoms with Gasteiger partial charge in [-0.15, -0.1) is 0 Å². The summed E-state index contributed by atoms with van der Waals surface area (Å²) in [4.78, 5) is 22.1. The zero-order valence-electron chi connectivity index (χ0n) is 12.6. The predicted octanol–water partition coefficient (Wildman–Crippen LogP) is 4.59. The van der Waals surface area contributed by atoms with Gasteiger partial charge in [0.25, 0.3) is 0 Å². The average Bonchev–Trinajstić information content (AvgIpc) is 2.36. The third kappa shape index (κ3) is 11.9. The van der Waals surface area contributed by atoms with Gasteiger partial charge >= 0.3 is 5.97 Å². The lowest BCUT2D eigenvalue weighted by Crippen LogP contribution is -2.14. The largest absolute Gasteiger partial charge is 0.481 e. The van der Waals surface area contributed by atoms with Gasteiger partial charge in [0.1, 0.15) is 5.78 Å². The van der Waals surface area contributed by atoms with E-state index < -0.39 is 11.9 Å². The summed E-state index contributed by atoms with van der Waals surface area (Å²) in [6.07, 6.45) is 11.8. The second-order valence-corrected chi connectivity index (χ2v) is 5.56. The first kappa shape index (κ1) is 18.1. The molecule has 0 aromatic carbocycles. The summed E-state index contributed by atoms with van der Waals surface area (Å²) >= 11 is 0. The Labute approximate surface area is 117 Å². The Balaban J connectivity index is 3.30. The molecule has 112 valence electrons. The van der Waals surface area contributed by atoms with Crippen LogP contribution >= 0.6 is 0 Å². The first-order chi connectivity index (χ1) is 9.07. The fourth-order valence-corrected chi connectivity index (χ4v) is 2.16. The minimum Gasteiger partial charge on any atom is -0.481 e. The number of hydrogen-bond donors (Lipinski definition) is 1. The van der Waals surface area contributed by atoms with E-state index in [2.05, 4.69) is 6.92 Å². The van der Waals surface area contributed by atoms with Crippen LogP contribution in [0.5, 0.6) is 0 Å². The third-order valence-corrected chi connectivity index (χ3v) is 3.51. The molecule has 0 saturated carbocycles. The number of carbonyl (C=O) groups is 2. The highest BCUT2D eigenvalue weighted by atomic mass is 16.4. The molecule has 0 aromatic heterocycles. The molecule has 0 heterocycles. The van der Waals surface area contributed by atoms with E-state index in [0.29, 0.717) is 6.42 Å². The number of unbranched alkanes of at least 4 members (excludes halogenated alkanes) is 8. The topological polar surface area (TPSA) is 54.4 Å². The Morgan fingerprint density at radius 3 is 1.84 bits per heavy atom. The van der Waals surface area contributed by atoms with Crippen molar-refractivity contribution < 1.29 is 14.7 Å². The normalized spacial score (nSPS) is 12.3. The number of ketones is 1. The quantitative estimate of drug-likeness (QED) is 0.498. The first-order valence-corrected chi connectivity index (χ1v) is 7.82. The summed E-state index contributed by atoms with van der Waals surface area (Å²) < 4.78 is 0. The summed E-state index contributed by atoms with van der Waals surface area (Å²) in [5.41, 5.74) is 0. The number of carboxylic acids is 1. The second-order valence-electron chi connectivity index (χ2n) is 5.56. The van der Waals surface area contributed by atoms with Crippen LogP contribution in [0.3, 0.4) is 0 Å². The van der Waals surface area contributed by atoms with Crippen LogP contribution in [0.1, 0.15) is 84.5 Å². The minimum absolute atomic E-state index is 0.0952. The van der Waals surface area contributed by atoms with Crippen molar-refractivity contribution in [2.24, 2.45) is 5.92 Å². The zero-order chi connectivity index (χ0) is 14.5. The third-order valence-electron chi connectivity index (χ3n) is 3.51. The maximum absolute atomic E-state index is 11.5. The lowest BCUT2D eigenvalue weighted by atomic mass is 10.0. The molecule has 0 spiro atoms. The standard InChI is InChI=1S/C16H30O3/c1-3-4-5-6-7-8-9-10-11-12-15(17)13-14(2)16(18)19/h14H,3-13H2,1-2H3,(H,18,19). The summed E-state index contributed by atoms with van der Waals surface area (Å²) in [5, 5.41) is 8.71. The molecule has 3 nitrogen and oxygen atoms in total. The van der Waals surface area contributed by atoms with E-state index in [4.69, 9.17) is 5.11 Å². The lowest BCUT2D eigenvalue weighted by Gasteiger charge is -2.05. The molecule has 1 N–H and O–H groups in total. The number of carboxylic acid groups (broad SMARTS) is 1. The highest BCUT2D eigenvalue weighted by Crippen LogP contribution is 2.12. The van der Waals surface area contributed by atoms with Crippen LogP contribution in [0.4, 0.5) is 0 Å². The molecule has 0 aliphatic carbocycles. The van der Waals surface area contributed by atoms with Gasteiger partial charge in [-0.3, -0.25) is 9.59 Å². The number of aliphatic carboxylic acids is 1. The summed E-state index contributed by atoms with van der Waals surface area (Å²) in [6, 6.07) is 0.